The van der Waals surface area contributed by atoms with E-state index in [1.807, 2.05) is 49.1 Å². The molecule has 0 aliphatic carbocycles. The minimum Gasteiger partial charge on any atom is -0.353 e. The fourth-order valence-corrected chi connectivity index (χ4v) is 5.11. The molecular formula is C25H20N6OS. The molecule has 0 unspecified atom stereocenters. The lowest BCUT2D eigenvalue weighted by molar-refractivity contribution is 0.102. The van der Waals surface area contributed by atoms with Crippen molar-refractivity contribution < 1.29 is 4.79 Å². The number of rotatable bonds is 4. The van der Waals surface area contributed by atoms with Crippen LogP contribution >= 0.6 is 11.3 Å². The average molecular weight is 453 g/mol. The third-order valence-corrected chi connectivity index (χ3v) is 7.29. The Kier molecular flexibility index (Phi) is 4.31. The standard InChI is InChI=1S/C25H20N6OS/c1-13(32)23-7-8-24(33-23)15-5-4-6-18-16(15)9-20(28-18)25-17-10-19(27-11-21(17)29-30-25)22-12-26-14(2)31(22)3/h4-12,28H,1-3H3,(H,29,30). The first-order valence-electron chi connectivity index (χ1n) is 10.6. The number of hydrogen-bond acceptors (Lipinski definition) is 5. The predicted octanol–water partition coefficient (Wildman–Crippen LogP) is 5.75. The first-order chi connectivity index (χ1) is 16.0. The molecular weight excluding hydrogens is 432 g/mol. The number of aromatic nitrogens is 6. The number of benzene rings is 1. The minimum absolute atomic E-state index is 0.0872. The van der Waals surface area contributed by atoms with Crippen LogP contribution in [0.2, 0.25) is 0 Å². The van der Waals surface area contributed by atoms with Gasteiger partial charge in [0.05, 0.1) is 39.9 Å². The molecule has 162 valence electrons. The predicted molar refractivity (Wildman–Crippen MR) is 131 cm³/mol. The molecule has 2 N–H and O–H groups in total. The molecule has 0 radical (unpaired) electrons. The number of nitrogens with zero attached hydrogens (tertiary/aromatic N) is 4. The maximum Gasteiger partial charge on any atom is 0.169 e. The Labute approximate surface area is 193 Å². The van der Waals surface area contributed by atoms with Gasteiger partial charge >= 0.3 is 0 Å². The Morgan fingerprint density at radius 2 is 1.91 bits per heavy atom. The van der Waals surface area contributed by atoms with Crippen molar-refractivity contribution >= 4 is 38.9 Å². The molecule has 0 atom stereocenters. The van der Waals surface area contributed by atoms with Gasteiger partial charge in [0.2, 0.25) is 0 Å². The zero-order valence-corrected chi connectivity index (χ0v) is 19.1. The molecule has 0 saturated heterocycles. The Balaban J connectivity index is 1.49. The molecule has 1 aromatic carbocycles. The van der Waals surface area contributed by atoms with E-state index in [0.717, 1.165) is 65.7 Å². The molecule has 6 aromatic rings. The molecule has 5 aromatic heterocycles. The number of carbonyl (C=O) groups excluding carboxylic acids is 1. The molecule has 8 heteroatoms. The van der Waals surface area contributed by atoms with Gasteiger partial charge in [0.25, 0.3) is 0 Å². The Bertz CT molecular complexity index is 1680. The molecule has 0 bridgehead atoms. The second-order valence-corrected chi connectivity index (χ2v) is 9.19. The maximum atomic E-state index is 11.8. The number of thiophene rings is 1. The highest BCUT2D eigenvalue weighted by molar-refractivity contribution is 7.17. The first kappa shape index (κ1) is 19.6. The van der Waals surface area contributed by atoms with Crippen LogP contribution < -0.4 is 0 Å². The van der Waals surface area contributed by atoms with E-state index in [2.05, 4.69) is 49.4 Å². The van der Waals surface area contributed by atoms with Gasteiger partial charge in [-0.15, -0.1) is 11.3 Å². The van der Waals surface area contributed by atoms with Gasteiger partial charge in [-0.05, 0) is 44.2 Å². The van der Waals surface area contributed by atoms with Crippen LogP contribution in [0.15, 0.2) is 54.9 Å². The number of Topliss-reactive ketones (excluding diaryl/α,β-unsaturated/α-hetero) is 1. The van der Waals surface area contributed by atoms with Crippen LogP contribution in [0.3, 0.4) is 0 Å². The fourth-order valence-electron chi connectivity index (χ4n) is 4.17. The van der Waals surface area contributed by atoms with Gasteiger partial charge in [-0.2, -0.15) is 5.10 Å². The zero-order chi connectivity index (χ0) is 22.7. The Hall–Kier alpha value is -4.04. The van der Waals surface area contributed by atoms with Gasteiger partial charge in [0.1, 0.15) is 11.5 Å². The summed E-state index contributed by atoms with van der Waals surface area (Å²) in [5, 5.41) is 9.78. The number of imidazole rings is 1. The van der Waals surface area contributed by atoms with Crippen molar-refractivity contribution in [3.05, 3.63) is 65.6 Å². The third-order valence-electron chi connectivity index (χ3n) is 6.07. The first-order valence-corrected chi connectivity index (χ1v) is 11.4. The largest absolute Gasteiger partial charge is 0.353 e. The monoisotopic (exact) mass is 452 g/mol. The van der Waals surface area contributed by atoms with Crippen molar-refractivity contribution in [1.82, 2.24) is 29.7 Å². The van der Waals surface area contributed by atoms with Crippen LogP contribution in [0.4, 0.5) is 0 Å². The van der Waals surface area contributed by atoms with Gasteiger partial charge in [-0.3, -0.25) is 14.9 Å². The van der Waals surface area contributed by atoms with Crippen molar-refractivity contribution in [2.24, 2.45) is 7.05 Å². The summed E-state index contributed by atoms with van der Waals surface area (Å²) < 4.78 is 2.03. The minimum atomic E-state index is 0.0872. The topological polar surface area (TPSA) is 92.2 Å². The van der Waals surface area contributed by atoms with E-state index in [0.29, 0.717) is 0 Å². The molecule has 33 heavy (non-hydrogen) atoms. The number of aromatic amines is 2. The third kappa shape index (κ3) is 3.10. The van der Waals surface area contributed by atoms with Gasteiger partial charge in [0.15, 0.2) is 5.78 Å². The van der Waals surface area contributed by atoms with Crippen LogP contribution in [-0.2, 0) is 7.05 Å². The quantitative estimate of drug-likeness (QED) is 0.333. The summed E-state index contributed by atoms with van der Waals surface area (Å²) >= 11 is 1.52. The second kappa shape index (κ2) is 7.25. The van der Waals surface area contributed by atoms with Gasteiger partial charge in [-0.25, -0.2) is 4.98 Å². The van der Waals surface area contributed by atoms with Gasteiger partial charge in [-0.1, -0.05) is 12.1 Å². The van der Waals surface area contributed by atoms with Crippen molar-refractivity contribution in [3.8, 4) is 33.2 Å². The summed E-state index contributed by atoms with van der Waals surface area (Å²) in [6, 6.07) is 14.3. The lowest BCUT2D eigenvalue weighted by atomic mass is 10.1. The van der Waals surface area contributed by atoms with E-state index in [-0.39, 0.29) is 5.78 Å². The molecule has 0 saturated carbocycles. The smallest absolute Gasteiger partial charge is 0.169 e. The highest BCUT2D eigenvalue weighted by Crippen LogP contribution is 2.37. The van der Waals surface area contributed by atoms with E-state index >= 15 is 0 Å². The summed E-state index contributed by atoms with van der Waals surface area (Å²) in [6.45, 7) is 3.57. The fraction of sp³-hybridized carbons (Fsp3) is 0.120. The van der Waals surface area contributed by atoms with Crippen molar-refractivity contribution in [3.63, 3.8) is 0 Å². The molecule has 0 aliphatic heterocycles. The lowest BCUT2D eigenvalue weighted by Gasteiger charge is -2.03. The number of H-pyrrole nitrogens is 2. The van der Waals surface area contributed by atoms with Crippen molar-refractivity contribution in [2.45, 2.75) is 13.8 Å². The van der Waals surface area contributed by atoms with Crippen LogP contribution in [0, 0.1) is 6.92 Å². The van der Waals surface area contributed by atoms with E-state index in [1.165, 1.54) is 11.3 Å². The average Bonchev–Trinajstić information content (AvgIpc) is 3.59. The van der Waals surface area contributed by atoms with E-state index in [4.69, 9.17) is 0 Å². The Morgan fingerprint density at radius 3 is 2.67 bits per heavy atom. The zero-order valence-electron chi connectivity index (χ0n) is 18.3. The van der Waals surface area contributed by atoms with E-state index in [1.54, 1.807) is 6.92 Å². The molecule has 0 aliphatic rings. The molecule has 7 nitrogen and oxygen atoms in total. The summed E-state index contributed by atoms with van der Waals surface area (Å²) in [7, 11) is 1.99. The van der Waals surface area contributed by atoms with Crippen LogP contribution in [0.5, 0.6) is 0 Å². The number of hydrogen-bond donors (Lipinski definition) is 2. The molecule has 0 spiro atoms. The number of nitrogens with one attached hydrogen (secondary N) is 2. The SMILES string of the molecule is CC(=O)c1ccc(-c2cccc3[nH]c(-c4n[nH]c5cnc(-c6cnc(C)n6C)cc45)cc23)s1. The van der Waals surface area contributed by atoms with Crippen LogP contribution in [-0.4, -0.2) is 35.5 Å². The van der Waals surface area contributed by atoms with Gasteiger partial charge < -0.3 is 9.55 Å². The van der Waals surface area contributed by atoms with Crippen LogP contribution in [0.25, 0.3) is 55.0 Å². The molecule has 0 amide bonds. The summed E-state index contributed by atoms with van der Waals surface area (Å²) in [5.74, 6) is 1.02. The summed E-state index contributed by atoms with van der Waals surface area (Å²) in [4.78, 5) is 26.1. The van der Waals surface area contributed by atoms with Gasteiger partial charge in [0, 0.05) is 33.8 Å². The number of pyridine rings is 1. The molecule has 5 heterocycles. The number of ketones is 1. The summed E-state index contributed by atoms with van der Waals surface area (Å²) in [6.07, 6.45) is 3.65. The van der Waals surface area contributed by atoms with E-state index in [9.17, 15) is 4.79 Å². The lowest BCUT2D eigenvalue weighted by Crippen LogP contribution is -1.95. The number of carbonyl (C=O) groups is 1. The molecule has 6 rings (SSSR count). The highest BCUT2D eigenvalue weighted by atomic mass is 32.1. The van der Waals surface area contributed by atoms with Crippen LogP contribution in [0.1, 0.15) is 22.4 Å². The molecule has 0 fully saturated rings. The van der Waals surface area contributed by atoms with Crippen molar-refractivity contribution in [2.75, 3.05) is 0 Å². The second-order valence-electron chi connectivity index (χ2n) is 8.11. The number of aryl methyl sites for hydroxylation is 1. The number of fused-ring (bicyclic) bond motifs is 2. The summed E-state index contributed by atoms with van der Waals surface area (Å²) in [5.41, 5.74) is 6.56. The Morgan fingerprint density at radius 1 is 1.03 bits per heavy atom. The maximum absolute atomic E-state index is 11.8. The van der Waals surface area contributed by atoms with Crippen molar-refractivity contribution in [1.29, 1.82) is 0 Å². The highest BCUT2D eigenvalue weighted by Gasteiger charge is 2.16. The van der Waals surface area contributed by atoms with E-state index < -0.39 is 0 Å². The normalized spacial score (nSPS) is 11.6.